The Morgan fingerprint density at radius 3 is 1.26 bits per heavy atom. The highest BCUT2D eigenvalue weighted by Gasteiger charge is 2.30. The number of rotatable bonds is 58. The largest absolute Gasteiger partial charge is 0.472 e. The number of phosphoric ester groups is 1. The summed E-state index contributed by atoms with van der Waals surface area (Å²) in [6.45, 7) is 6.95. The van der Waals surface area contributed by atoms with Gasteiger partial charge in [-0.05, 0) is 96.0 Å². The number of hydrogen-bond donors (Lipinski definition) is 2. The first kappa shape index (κ1) is 74.5. The van der Waals surface area contributed by atoms with Gasteiger partial charge in [0.05, 0.1) is 33.8 Å². The van der Waals surface area contributed by atoms with Gasteiger partial charge in [-0.25, -0.2) is 4.57 Å². The first-order chi connectivity index (χ1) is 37.4. The zero-order chi connectivity index (χ0) is 56.4. The number of carbonyl (C=O) groups excluding carboxylic acids is 2. The number of nitrogens with zero attached hydrogens (tertiary/aromatic N) is 1. The molecule has 0 aliphatic rings. The first-order valence-corrected chi connectivity index (χ1v) is 33.8. The Bertz CT molecular complexity index is 1550. The quantitative estimate of drug-likeness (QED) is 0.0205. The van der Waals surface area contributed by atoms with Crippen LogP contribution in [0, 0.1) is 0 Å². The van der Waals surface area contributed by atoms with Crippen LogP contribution in [0.2, 0.25) is 0 Å². The normalized spacial score (nSPS) is 14.1. The molecule has 1 amide bonds. The van der Waals surface area contributed by atoms with Gasteiger partial charge in [-0.1, -0.05) is 255 Å². The lowest BCUT2D eigenvalue weighted by atomic mass is 10.0. The molecule has 0 aromatic rings. The summed E-state index contributed by atoms with van der Waals surface area (Å²) in [7, 11) is 1.49. The zero-order valence-corrected chi connectivity index (χ0v) is 52.1. The van der Waals surface area contributed by atoms with Crippen LogP contribution in [-0.4, -0.2) is 74.3 Å². The van der Waals surface area contributed by atoms with Crippen molar-refractivity contribution in [3.63, 3.8) is 0 Å². The van der Waals surface area contributed by atoms with Crippen LogP contribution in [0.25, 0.3) is 0 Å². The topological polar surface area (TPSA) is 111 Å². The maximum atomic E-state index is 13.6. The van der Waals surface area contributed by atoms with E-state index in [1.54, 1.807) is 0 Å². The Balaban J connectivity index is 5.06. The second kappa shape index (κ2) is 56.7. The fraction of sp³-hybridized carbons (Fsp3) is 0.791. The van der Waals surface area contributed by atoms with E-state index in [0.717, 1.165) is 103 Å². The molecule has 0 saturated carbocycles. The third-order valence-corrected chi connectivity index (χ3v) is 15.1. The van der Waals surface area contributed by atoms with Crippen LogP contribution < -0.4 is 5.32 Å². The van der Waals surface area contributed by atoms with Crippen molar-refractivity contribution in [2.45, 2.75) is 303 Å². The Morgan fingerprint density at radius 1 is 0.455 bits per heavy atom. The lowest BCUT2D eigenvalue weighted by Gasteiger charge is -2.27. The third-order valence-electron chi connectivity index (χ3n) is 14.1. The molecule has 77 heavy (non-hydrogen) atoms. The van der Waals surface area contributed by atoms with Crippen LogP contribution in [0.3, 0.4) is 0 Å². The number of esters is 1. The molecule has 0 aliphatic heterocycles. The van der Waals surface area contributed by atoms with Gasteiger partial charge in [-0.2, -0.15) is 0 Å². The molecule has 10 heteroatoms. The average Bonchev–Trinajstić information content (AvgIpc) is 3.39. The van der Waals surface area contributed by atoms with E-state index in [2.05, 4.69) is 86.8 Å². The summed E-state index contributed by atoms with van der Waals surface area (Å²) >= 11 is 0. The van der Waals surface area contributed by atoms with Crippen LogP contribution in [0.5, 0.6) is 0 Å². The molecule has 9 nitrogen and oxygen atoms in total. The summed E-state index contributed by atoms with van der Waals surface area (Å²) in [4.78, 5) is 37.7. The summed E-state index contributed by atoms with van der Waals surface area (Å²) in [5.74, 6) is -0.516. The molecule has 3 atom stereocenters. The summed E-state index contributed by atoms with van der Waals surface area (Å²) < 4.78 is 30.7. The monoisotopic (exact) mass is 1100 g/mol. The number of quaternary nitrogens is 1. The lowest BCUT2D eigenvalue weighted by molar-refractivity contribution is -0.870. The third kappa shape index (κ3) is 57.9. The smallest absolute Gasteiger partial charge is 0.456 e. The Morgan fingerprint density at radius 2 is 0.805 bits per heavy atom. The maximum absolute atomic E-state index is 13.6. The molecule has 448 valence electrons. The first-order valence-electron chi connectivity index (χ1n) is 32.3. The fourth-order valence-corrected chi connectivity index (χ4v) is 9.82. The number of likely N-dealkylation sites (N-methyl/N-ethyl adjacent to an activating group) is 1. The molecule has 0 fully saturated rings. The number of amides is 1. The van der Waals surface area contributed by atoms with Crippen LogP contribution >= 0.6 is 7.82 Å². The number of hydrogen-bond acceptors (Lipinski definition) is 6. The van der Waals surface area contributed by atoms with E-state index in [1.165, 1.54) is 154 Å². The van der Waals surface area contributed by atoms with Crippen molar-refractivity contribution in [1.29, 1.82) is 0 Å². The van der Waals surface area contributed by atoms with Gasteiger partial charge >= 0.3 is 13.8 Å². The van der Waals surface area contributed by atoms with E-state index >= 15 is 0 Å². The minimum Gasteiger partial charge on any atom is -0.456 e. The lowest BCUT2D eigenvalue weighted by Crippen LogP contribution is -2.47. The molecule has 0 aromatic heterocycles. The second-order valence-corrected chi connectivity index (χ2v) is 24.4. The van der Waals surface area contributed by atoms with Crippen molar-refractivity contribution in [3.8, 4) is 0 Å². The van der Waals surface area contributed by atoms with Crippen LogP contribution in [0.1, 0.15) is 290 Å². The number of allylic oxidation sites excluding steroid dienone is 11. The minimum absolute atomic E-state index is 0.0368. The molecule has 3 unspecified atom stereocenters. The van der Waals surface area contributed by atoms with Crippen molar-refractivity contribution in [2.75, 3.05) is 40.9 Å². The van der Waals surface area contributed by atoms with Crippen molar-refractivity contribution in [1.82, 2.24) is 5.32 Å². The van der Waals surface area contributed by atoms with Crippen molar-refractivity contribution in [3.05, 3.63) is 72.9 Å². The SMILES string of the molecule is CCCC/C=C\CCCCCCCC(=O)OC(/C=C/CCCCCCCCCCCCC)C(COP(=O)(O)OCC[N+](C)(C)C)NC(=O)CCCCCCCCCCCCC/C=C\C/C=C\C/C=C\C/C=C\CCCCC. The van der Waals surface area contributed by atoms with Crippen LogP contribution in [-0.2, 0) is 27.9 Å². The number of unbranched alkanes of at least 4 members (excludes halogenated alkanes) is 32. The van der Waals surface area contributed by atoms with Gasteiger partial charge in [-0.3, -0.25) is 18.6 Å². The molecule has 0 spiro atoms. The highest BCUT2D eigenvalue weighted by molar-refractivity contribution is 7.47. The van der Waals surface area contributed by atoms with Gasteiger partial charge in [-0.15, -0.1) is 0 Å². The molecule has 0 saturated heterocycles. The number of nitrogens with one attached hydrogen (secondary N) is 1. The molecule has 2 N–H and O–H groups in total. The summed E-state index contributed by atoms with van der Waals surface area (Å²) in [6.07, 6.45) is 73.3. The summed E-state index contributed by atoms with van der Waals surface area (Å²) in [6, 6.07) is -0.854. The molecule has 0 aromatic carbocycles. The second-order valence-electron chi connectivity index (χ2n) is 22.9. The highest BCUT2D eigenvalue weighted by Crippen LogP contribution is 2.43. The zero-order valence-electron chi connectivity index (χ0n) is 51.2. The highest BCUT2D eigenvalue weighted by atomic mass is 31.2. The standard InChI is InChI=1S/C67H123N2O7P/c1-7-10-13-16-19-22-25-27-28-29-30-31-32-33-34-35-36-37-38-39-40-42-45-47-50-53-56-59-66(70)68-64(63-75-77(72,73)74-62-61-69(4,5)6)65(58-55-52-49-46-44-41-26-23-20-17-14-11-8-2)76-67(71)60-57-54-51-48-43-24-21-18-15-12-9-3/h18-19,21-22,27-28,30-31,33-34,55,58,64-65H,7-17,20,23-26,29,32,35-54,56-57,59-63H2,1-6H3,(H-,68,70,72,73)/p+1/b21-18-,22-19-,28-27-,31-30-,34-33-,58-55+. The fourth-order valence-electron chi connectivity index (χ4n) is 9.08. The van der Waals surface area contributed by atoms with E-state index in [9.17, 15) is 19.0 Å². The Labute approximate surface area is 476 Å². The van der Waals surface area contributed by atoms with Crippen molar-refractivity contribution in [2.24, 2.45) is 0 Å². The summed E-state index contributed by atoms with van der Waals surface area (Å²) in [5, 5.41) is 3.06. The van der Waals surface area contributed by atoms with E-state index in [4.69, 9.17) is 13.8 Å². The van der Waals surface area contributed by atoms with Gasteiger partial charge in [0.1, 0.15) is 19.3 Å². The van der Waals surface area contributed by atoms with Crippen LogP contribution in [0.4, 0.5) is 0 Å². The molecule has 0 aliphatic carbocycles. The molecule has 0 heterocycles. The molecular formula is C67H124N2O7P+. The molecule has 0 bridgehead atoms. The van der Waals surface area contributed by atoms with Gasteiger partial charge in [0.25, 0.3) is 0 Å². The van der Waals surface area contributed by atoms with Crippen molar-refractivity contribution >= 4 is 19.7 Å². The molecule has 0 radical (unpaired) electrons. The van der Waals surface area contributed by atoms with Gasteiger partial charge in [0.15, 0.2) is 0 Å². The van der Waals surface area contributed by atoms with Gasteiger partial charge in [0, 0.05) is 12.8 Å². The molecular weight excluding hydrogens is 976 g/mol. The Hall–Kier alpha value is -2.55. The van der Waals surface area contributed by atoms with E-state index in [1.807, 2.05) is 33.3 Å². The number of carbonyl (C=O) groups is 2. The molecule has 0 rings (SSSR count). The van der Waals surface area contributed by atoms with E-state index in [-0.39, 0.29) is 31.5 Å². The number of phosphoric acid groups is 1. The van der Waals surface area contributed by atoms with Crippen LogP contribution in [0.15, 0.2) is 72.9 Å². The maximum Gasteiger partial charge on any atom is 0.472 e. The predicted molar refractivity (Wildman–Crippen MR) is 332 cm³/mol. The van der Waals surface area contributed by atoms with Gasteiger partial charge < -0.3 is 19.4 Å². The van der Waals surface area contributed by atoms with E-state index < -0.39 is 20.0 Å². The van der Waals surface area contributed by atoms with Gasteiger partial charge in [0.2, 0.25) is 5.91 Å². The average molecular weight is 1100 g/mol. The number of ether oxygens (including phenoxy) is 1. The Kier molecular flexibility index (Phi) is 54.8. The van der Waals surface area contributed by atoms with Crippen molar-refractivity contribution < 1.29 is 37.3 Å². The predicted octanol–water partition coefficient (Wildman–Crippen LogP) is 20.0. The summed E-state index contributed by atoms with van der Waals surface area (Å²) in [5.41, 5.74) is 0. The minimum atomic E-state index is -4.45. The van der Waals surface area contributed by atoms with E-state index in [0.29, 0.717) is 17.4 Å².